The molecule has 0 bridgehead atoms. The first kappa shape index (κ1) is 18.2. The summed E-state index contributed by atoms with van der Waals surface area (Å²) in [5.41, 5.74) is 2.10. The summed E-state index contributed by atoms with van der Waals surface area (Å²) in [6.45, 7) is 5.28. The lowest BCUT2D eigenvalue weighted by Gasteiger charge is -2.13. The second kappa shape index (κ2) is 8.63. The van der Waals surface area contributed by atoms with E-state index in [4.69, 9.17) is 5.11 Å². The molecule has 2 aromatic rings. The van der Waals surface area contributed by atoms with Crippen molar-refractivity contribution in [3.63, 3.8) is 0 Å². The number of hydrogen-bond acceptors (Lipinski definition) is 4. The number of rotatable bonds is 9. The SMILES string of the molecule is Cc1cc(C)n(CCCNC(=O)C[C@@H](CC(=O)O)c2cccs2)n1. The fourth-order valence-corrected chi connectivity index (χ4v) is 3.49. The van der Waals surface area contributed by atoms with Gasteiger partial charge >= 0.3 is 5.97 Å². The largest absolute Gasteiger partial charge is 0.481 e. The molecule has 0 spiro atoms. The number of carboxylic acids is 1. The van der Waals surface area contributed by atoms with Gasteiger partial charge in [-0.05, 0) is 37.8 Å². The highest BCUT2D eigenvalue weighted by Crippen LogP contribution is 2.27. The lowest BCUT2D eigenvalue weighted by molar-refractivity contribution is -0.137. The Morgan fingerprint density at radius 1 is 1.38 bits per heavy atom. The summed E-state index contributed by atoms with van der Waals surface area (Å²) in [6.07, 6.45) is 0.961. The Morgan fingerprint density at radius 3 is 2.75 bits per heavy atom. The van der Waals surface area contributed by atoms with Gasteiger partial charge in [0.2, 0.25) is 5.91 Å². The normalized spacial score (nSPS) is 12.1. The molecular formula is C17H23N3O3S. The molecule has 0 aliphatic rings. The smallest absolute Gasteiger partial charge is 0.304 e. The number of thiophene rings is 1. The van der Waals surface area contributed by atoms with Gasteiger partial charge in [-0.25, -0.2) is 0 Å². The minimum atomic E-state index is -0.884. The van der Waals surface area contributed by atoms with Crippen molar-refractivity contribution in [3.8, 4) is 0 Å². The Kier molecular flexibility index (Phi) is 6.54. The van der Waals surface area contributed by atoms with Crippen molar-refractivity contribution >= 4 is 23.2 Å². The third-order valence-corrected chi connectivity index (χ3v) is 4.81. The molecule has 0 aromatic carbocycles. The van der Waals surface area contributed by atoms with Crippen LogP contribution in [0.5, 0.6) is 0 Å². The molecule has 0 unspecified atom stereocenters. The maximum Gasteiger partial charge on any atom is 0.304 e. The van der Waals surface area contributed by atoms with Crippen LogP contribution in [0.15, 0.2) is 23.6 Å². The summed E-state index contributed by atoms with van der Waals surface area (Å²) in [5.74, 6) is -1.26. The topological polar surface area (TPSA) is 84.2 Å². The van der Waals surface area contributed by atoms with Crippen molar-refractivity contribution in [1.29, 1.82) is 0 Å². The number of aryl methyl sites for hydroxylation is 3. The van der Waals surface area contributed by atoms with E-state index in [0.29, 0.717) is 6.54 Å². The predicted molar refractivity (Wildman–Crippen MR) is 93.3 cm³/mol. The molecule has 0 aliphatic heterocycles. The highest BCUT2D eigenvalue weighted by molar-refractivity contribution is 7.10. The number of amides is 1. The van der Waals surface area contributed by atoms with Gasteiger partial charge in [0.25, 0.3) is 0 Å². The predicted octanol–water partition coefficient (Wildman–Crippen LogP) is 2.72. The molecular weight excluding hydrogens is 326 g/mol. The van der Waals surface area contributed by atoms with Crippen LogP contribution in [0.25, 0.3) is 0 Å². The van der Waals surface area contributed by atoms with Crippen LogP contribution in [0.1, 0.15) is 41.4 Å². The van der Waals surface area contributed by atoms with E-state index in [9.17, 15) is 9.59 Å². The van der Waals surface area contributed by atoms with Crippen molar-refractivity contribution in [2.45, 2.75) is 45.6 Å². The first-order chi connectivity index (χ1) is 11.5. The summed E-state index contributed by atoms with van der Waals surface area (Å²) in [7, 11) is 0. The molecule has 2 heterocycles. The molecule has 7 heteroatoms. The average Bonchev–Trinajstić information content (AvgIpc) is 3.12. The van der Waals surface area contributed by atoms with Gasteiger partial charge in [0, 0.05) is 36.0 Å². The fraction of sp³-hybridized carbons (Fsp3) is 0.471. The van der Waals surface area contributed by atoms with E-state index in [1.54, 1.807) is 0 Å². The quantitative estimate of drug-likeness (QED) is 0.682. The maximum absolute atomic E-state index is 12.1. The van der Waals surface area contributed by atoms with E-state index < -0.39 is 5.97 Å². The molecule has 2 aromatic heterocycles. The van der Waals surface area contributed by atoms with E-state index in [1.165, 1.54) is 11.3 Å². The average molecular weight is 349 g/mol. The number of carbonyl (C=O) groups excluding carboxylic acids is 1. The zero-order chi connectivity index (χ0) is 17.5. The van der Waals surface area contributed by atoms with Crippen LogP contribution in [-0.2, 0) is 16.1 Å². The summed E-state index contributed by atoms with van der Waals surface area (Å²) in [6, 6.07) is 5.78. The van der Waals surface area contributed by atoms with Crippen LogP contribution < -0.4 is 5.32 Å². The Hall–Kier alpha value is -2.15. The summed E-state index contributed by atoms with van der Waals surface area (Å²) < 4.78 is 1.93. The third-order valence-electron chi connectivity index (χ3n) is 3.77. The van der Waals surface area contributed by atoms with Crippen LogP contribution >= 0.6 is 11.3 Å². The van der Waals surface area contributed by atoms with Gasteiger partial charge in [0.05, 0.1) is 12.1 Å². The molecule has 24 heavy (non-hydrogen) atoms. The molecule has 2 rings (SSSR count). The Bertz CT molecular complexity index is 679. The monoisotopic (exact) mass is 349 g/mol. The highest BCUT2D eigenvalue weighted by atomic mass is 32.1. The van der Waals surface area contributed by atoms with Crippen molar-refractivity contribution in [2.24, 2.45) is 0 Å². The molecule has 0 aliphatic carbocycles. The summed E-state index contributed by atoms with van der Waals surface area (Å²) >= 11 is 1.49. The van der Waals surface area contributed by atoms with E-state index >= 15 is 0 Å². The van der Waals surface area contributed by atoms with Crippen molar-refractivity contribution < 1.29 is 14.7 Å². The molecule has 0 fully saturated rings. The standard InChI is InChI=1S/C17H23N3O3S/c1-12-9-13(2)20(19-12)7-4-6-18-16(21)10-14(11-17(22)23)15-5-3-8-24-15/h3,5,8-9,14H,4,6-7,10-11H2,1-2H3,(H,18,21)(H,22,23)/t14-/m0/s1. The lowest BCUT2D eigenvalue weighted by atomic mass is 9.99. The second-order valence-corrected chi connectivity index (χ2v) is 6.85. The number of nitrogens with one attached hydrogen (secondary N) is 1. The highest BCUT2D eigenvalue weighted by Gasteiger charge is 2.20. The van der Waals surface area contributed by atoms with Gasteiger partial charge in [0.15, 0.2) is 0 Å². The number of carbonyl (C=O) groups is 2. The van der Waals surface area contributed by atoms with Crippen molar-refractivity contribution in [1.82, 2.24) is 15.1 Å². The minimum Gasteiger partial charge on any atom is -0.481 e. The first-order valence-corrected chi connectivity index (χ1v) is 8.86. The molecule has 0 saturated heterocycles. The van der Waals surface area contributed by atoms with Gasteiger partial charge in [-0.1, -0.05) is 6.07 Å². The molecule has 130 valence electrons. The third kappa shape index (κ3) is 5.49. The molecule has 6 nitrogen and oxygen atoms in total. The van der Waals surface area contributed by atoms with Crippen LogP contribution in [0.4, 0.5) is 0 Å². The number of aromatic nitrogens is 2. The van der Waals surface area contributed by atoms with Gasteiger partial charge in [-0.2, -0.15) is 5.10 Å². The summed E-state index contributed by atoms with van der Waals surface area (Å²) in [4.78, 5) is 24.0. The van der Waals surface area contributed by atoms with Gasteiger partial charge in [-0.3, -0.25) is 14.3 Å². The van der Waals surface area contributed by atoms with E-state index in [0.717, 1.165) is 29.2 Å². The Balaban J connectivity index is 1.77. The van der Waals surface area contributed by atoms with Crippen molar-refractivity contribution in [2.75, 3.05) is 6.54 Å². The van der Waals surface area contributed by atoms with Crippen LogP contribution in [0.2, 0.25) is 0 Å². The zero-order valence-corrected chi connectivity index (χ0v) is 14.8. The number of nitrogens with zero attached hydrogens (tertiary/aromatic N) is 2. The van der Waals surface area contributed by atoms with Crippen LogP contribution in [-0.4, -0.2) is 33.3 Å². The molecule has 1 atom stereocenters. The van der Waals surface area contributed by atoms with Gasteiger partial charge in [-0.15, -0.1) is 11.3 Å². The maximum atomic E-state index is 12.1. The second-order valence-electron chi connectivity index (χ2n) is 5.87. The lowest BCUT2D eigenvalue weighted by Crippen LogP contribution is -2.27. The molecule has 1 amide bonds. The first-order valence-electron chi connectivity index (χ1n) is 7.98. The van der Waals surface area contributed by atoms with Gasteiger partial charge < -0.3 is 10.4 Å². The van der Waals surface area contributed by atoms with Gasteiger partial charge in [0.1, 0.15) is 0 Å². The number of carboxylic acid groups (broad SMARTS) is 1. The van der Waals surface area contributed by atoms with Crippen LogP contribution in [0, 0.1) is 13.8 Å². The van der Waals surface area contributed by atoms with E-state index in [1.807, 2.05) is 42.1 Å². The zero-order valence-electron chi connectivity index (χ0n) is 14.0. The molecule has 0 saturated carbocycles. The Morgan fingerprint density at radius 2 is 2.17 bits per heavy atom. The number of hydrogen-bond donors (Lipinski definition) is 2. The van der Waals surface area contributed by atoms with Crippen LogP contribution in [0.3, 0.4) is 0 Å². The molecule has 0 radical (unpaired) electrons. The van der Waals surface area contributed by atoms with E-state index in [-0.39, 0.29) is 24.7 Å². The summed E-state index contributed by atoms with van der Waals surface area (Å²) in [5, 5.41) is 18.2. The Labute approximate surface area is 145 Å². The van der Waals surface area contributed by atoms with E-state index in [2.05, 4.69) is 10.4 Å². The fourth-order valence-electron chi connectivity index (χ4n) is 2.66. The molecule has 2 N–H and O–H groups in total. The number of aliphatic carboxylic acids is 1. The van der Waals surface area contributed by atoms with Crippen molar-refractivity contribution in [3.05, 3.63) is 39.8 Å². The minimum absolute atomic E-state index is 0.0281.